The largest absolute Gasteiger partial charge is 0.363 e. The Morgan fingerprint density at radius 1 is 1.04 bits per heavy atom. The van der Waals surface area contributed by atoms with Gasteiger partial charge in [-0.15, -0.1) is 0 Å². The smallest absolute Gasteiger partial charge is 0.182 e. The highest BCUT2D eigenvalue weighted by Crippen LogP contribution is 2.27. The maximum atomic E-state index is 14.3. The first-order valence-electron chi connectivity index (χ1n) is 7.69. The van der Waals surface area contributed by atoms with Crippen LogP contribution in [0.1, 0.15) is 11.1 Å². The van der Waals surface area contributed by atoms with E-state index in [1.807, 2.05) is 0 Å². The predicted octanol–water partition coefficient (Wildman–Crippen LogP) is 3.45. The number of hydrogen-bond acceptors (Lipinski definition) is 2. The van der Waals surface area contributed by atoms with Crippen LogP contribution in [0.5, 0.6) is 0 Å². The molecule has 2 aromatic carbocycles. The van der Waals surface area contributed by atoms with Crippen molar-refractivity contribution in [3.63, 3.8) is 0 Å². The van der Waals surface area contributed by atoms with Crippen LogP contribution in [0, 0.1) is 30.2 Å². The molecule has 127 valence electrons. The molecule has 1 saturated heterocycles. The Kier molecular flexibility index (Phi) is 4.76. The van der Waals surface area contributed by atoms with Crippen LogP contribution in [0.2, 0.25) is 0 Å². The number of nitrogens with one attached hydrogen (secondary N) is 1. The van der Waals surface area contributed by atoms with Crippen molar-refractivity contribution in [1.29, 1.82) is 0 Å². The lowest BCUT2D eigenvalue weighted by Gasteiger charge is -2.38. The summed E-state index contributed by atoms with van der Waals surface area (Å²) >= 11 is 0. The summed E-state index contributed by atoms with van der Waals surface area (Å²) in [5, 5.41) is 3.15. The number of benzene rings is 2. The summed E-state index contributed by atoms with van der Waals surface area (Å²) in [5.74, 6) is -3.76. The first-order chi connectivity index (χ1) is 11.5. The number of halogens is 4. The van der Waals surface area contributed by atoms with Crippen molar-refractivity contribution < 1.29 is 17.6 Å². The lowest BCUT2D eigenvalue weighted by molar-refractivity contribution is 0.442. The second kappa shape index (κ2) is 6.81. The molecule has 0 saturated carbocycles. The summed E-state index contributed by atoms with van der Waals surface area (Å²) in [4.78, 5) is 1.69. The molecular weight excluding hydrogens is 320 g/mol. The zero-order valence-corrected chi connectivity index (χ0v) is 13.0. The standard InChI is InChI=1S/C18H17F4N2/c1-11-5-6-15(18(22)16(11)20)24-8-7-23-10-13(24)9-12-3-2-4-14(19)17(12)21/h2-6,13,23H,1,7-10H2. The minimum Gasteiger partial charge on any atom is -0.363 e. The molecule has 1 atom stereocenters. The average molecular weight is 337 g/mol. The van der Waals surface area contributed by atoms with Gasteiger partial charge in [0, 0.05) is 25.7 Å². The van der Waals surface area contributed by atoms with Gasteiger partial charge in [-0.2, -0.15) is 0 Å². The lowest BCUT2D eigenvalue weighted by Crippen LogP contribution is -2.52. The summed E-state index contributed by atoms with van der Waals surface area (Å²) in [5.41, 5.74) is 0.311. The van der Waals surface area contributed by atoms with Crippen LogP contribution in [-0.2, 0) is 6.42 Å². The van der Waals surface area contributed by atoms with Gasteiger partial charge < -0.3 is 10.2 Å². The van der Waals surface area contributed by atoms with Gasteiger partial charge >= 0.3 is 0 Å². The van der Waals surface area contributed by atoms with Gasteiger partial charge in [-0.1, -0.05) is 18.2 Å². The Bertz CT molecular complexity index is 748. The summed E-state index contributed by atoms with van der Waals surface area (Å²) < 4.78 is 55.4. The molecule has 6 heteroatoms. The molecular formula is C18H17F4N2. The zero-order chi connectivity index (χ0) is 17.3. The number of rotatable bonds is 3. The Morgan fingerprint density at radius 2 is 1.83 bits per heavy atom. The topological polar surface area (TPSA) is 15.3 Å². The highest BCUT2D eigenvalue weighted by molar-refractivity contribution is 5.52. The zero-order valence-electron chi connectivity index (χ0n) is 13.0. The first kappa shape index (κ1) is 16.8. The molecule has 1 aliphatic heterocycles. The second-order valence-corrected chi connectivity index (χ2v) is 5.84. The van der Waals surface area contributed by atoms with Gasteiger partial charge in [-0.3, -0.25) is 0 Å². The number of hydrogen-bond donors (Lipinski definition) is 1. The summed E-state index contributed by atoms with van der Waals surface area (Å²) in [6.45, 7) is 4.93. The number of anilines is 1. The van der Waals surface area contributed by atoms with Gasteiger partial charge in [0.1, 0.15) is 0 Å². The van der Waals surface area contributed by atoms with Crippen molar-refractivity contribution in [2.24, 2.45) is 0 Å². The Morgan fingerprint density at radius 3 is 2.62 bits per heavy atom. The van der Waals surface area contributed by atoms with Crippen molar-refractivity contribution in [1.82, 2.24) is 5.32 Å². The van der Waals surface area contributed by atoms with Gasteiger partial charge in [-0.05, 0) is 36.6 Å². The maximum Gasteiger partial charge on any atom is 0.182 e. The molecule has 1 heterocycles. The van der Waals surface area contributed by atoms with Crippen LogP contribution in [0.4, 0.5) is 23.2 Å². The fourth-order valence-electron chi connectivity index (χ4n) is 3.02. The van der Waals surface area contributed by atoms with E-state index in [-0.39, 0.29) is 29.3 Å². The molecule has 0 aliphatic carbocycles. The van der Waals surface area contributed by atoms with E-state index in [4.69, 9.17) is 0 Å². The molecule has 3 rings (SSSR count). The van der Waals surface area contributed by atoms with Gasteiger partial charge in [0.25, 0.3) is 0 Å². The molecule has 2 nitrogen and oxygen atoms in total. The molecule has 0 aromatic heterocycles. The third kappa shape index (κ3) is 3.11. The molecule has 0 amide bonds. The van der Waals surface area contributed by atoms with Gasteiger partial charge in [0.15, 0.2) is 23.3 Å². The summed E-state index contributed by atoms with van der Waals surface area (Å²) in [7, 11) is 0. The Labute approximate surface area is 138 Å². The molecule has 0 spiro atoms. The van der Waals surface area contributed by atoms with Gasteiger partial charge in [-0.25, -0.2) is 17.6 Å². The van der Waals surface area contributed by atoms with Crippen LogP contribution >= 0.6 is 0 Å². The lowest BCUT2D eigenvalue weighted by atomic mass is 10.0. The van der Waals surface area contributed by atoms with Crippen LogP contribution in [0.15, 0.2) is 30.3 Å². The number of nitrogens with zero attached hydrogens (tertiary/aromatic N) is 1. The van der Waals surface area contributed by atoms with Gasteiger partial charge in [0.05, 0.1) is 5.69 Å². The molecule has 2 aromatic rings. The minimum absolute atomic E-state index is 0.0147. The molecule has 0 bridgehead atoms. The van der Waals surface area contributed by atoms with E-state index < -0.39 is 23.3 Å². The molecule has 1 N–H and O–H groups in total. The SMILES string of the molecule is [CH2]c1ccc(N2CCNCC2Cc2cccc(F)c2F)c(F)c1F. The van der Waals surface area contributed by atoms with Crippen molar-refractivity contribution in [2.45, 2.75) is 12.5 Å². The summed E-state index contributed by atoms with van der Waals surface area (Å²) in [6, 6.07) is 6.56. The normalized spacial score (nSPS) is 18.0. The van der Waals surface area contributed by atoms with Crippen LogP contribution in [0.3, 0.4) is 0 Å². The third-order valence-electron chi connectivity index (χ3n) is 4.29. The van der Waals surface area contributed by atoms with Crippen molar-refractivity contribution in [3.05, 3.63) is 71.7 Å². The predicted molar refractivity (Wildman–Crippen MR) is 84.9 cm³/mol. The molecule has 1 fully saturated rings. The monoisotopic (exact) mass is 337 g/mol. The fourth-order valence-corrected chi connectivity index (χ4v) is 3.02. The van der Waals surface area contributed by atoms with Crippen molar-refractivity contribution in [2.75, 3.05) is 24.5 Å². The quantitative estimate of drug-likeness (QED) is 0.863. The Balaban J connectivity index is 1.92. The molecule has 1 aliphatic rings. The van der Waals surface area contributed by atoms with Crippen molar-refractivity contribution in [3.8, 4) is 0 Å². The van der Waals surface area contributed by atoms with Crippen molar-refractivity contribution >= 4 is 5.69 Å². The molecule has 1 radical (unpaired) electrons. The van der Waals surface area contributed by atoms with Crippen LogP contribution < -0.4 is 10.2 Å². The highest BCUT2D eigenvalue weighted by Gasteiger charge is 2.27. The molecule has 1 unspecified atom stereocenters. The maximum absolute atomic E-state index is 14.3. The van der Waals surface area contributed by atoms with E-state index >= 15 is 0 Å². The van der Waals surface area contributed by atoms with E-state index in [1.165, 1.54) is 24.3 Å². The van der Waals surface area contributed by atoms with E-state index in [0.717, 1.165) is 6.07 Å². The van der Waals surface area contributed by atoms with Crippen LogP contribution in [-0.4, -0.2) is 25.7 Å². The minimum atomic E-state index is -0.985. The van der Waals surface area contributed by atoms with Gasteiger partial charge in [0.2, 0.25) is 0 Å². The average Bonchev–Trinajstić information content (AvgIpc) is 2.58. The van der Waals surface area contributed by atoms with E-state index in [9.17, 15) is 17.6 Å². The Hall–Kier alpha value is -2.08. The first-order valence-corrected chi connectivity index (χ1v) is 7.69. The second-order valence-electron chi connectivity index (χ2n) is 5.84. The highest BCUT2D eigenvalue weighted by atomic mass is 19.2. The third-order valence-corrected chi connectivity index (χ3v) is 4.29. The number of piperazine rings is 1. The van der Waals surface area contributed by atoms with Crippen LogP contribution in [0.25, 0.3) is 0 Å². The van der Waals surface area contributed by atoms with E-state index in [0.29, 0.717) is 19.6 Å². The van der Waals surface area contributed by atoms with E-state index in [1.54, 1.807) is 4.90 Å². The van der Waals surface area contributed by atoms with E-state index in [2.05, 4.69) is 12.2 Å². The molecule has 24 heavy (non-hydrogen) atoms. The summed E-state index contributed by atoms with van der Waals surface area (Å²) in [6.07, 6.45) is 0.184. The fraction of sp³-hybridized carbons (Fsp3) is 0.278.